The maximum atomic E-state index is 14.5. The zero-order valence-corrected chi connectivity index (χ0v) is 14.4. The highest BCUT2D eigenvalue weighted by atomic mass is 32.2. The average molecular weight is 352 g/mol. The van der Waals surface area contributed by atoms with E-state index in [-0.39, 0.29) is 23.8 Å². The molecule has 0 bridgehead atoms. The van der Waals surface area contributed by atoms with Crippen molar-refractivity contribution in [1.82, 2.24) is 5.32 Å². The van der Waals surface area contributed by atoms with Crippen molar-refractivity contribution in [2.24, 2.45) is 0 Å². The van der Waals surface area contributed by atoms with E-state index in [1.165, 1.54) is 13.0 Å². The summed E-state index contributed by atoms with van der Waals surface area (Å²) in [5, 5.41) is 2.64. The molecule has 2 heterocycles. The van der Waals surface area contributed by atoms with E-state index < -0.39 is 5.92 Å². The van der Waals surface area contributed by atoms with Crippen molar-refractivity contribution >= 4 is 29.3 Å². The molecule has 2 aliphatic rings. The van der Waals surface area contributed by atoms with Crippen LogP contribution in [0.15, 0.2) is 18.2 Å². The molecule has 1 unspecified atom stereocenters. The lowest BCUT2D eigenvalue weighted by Crippen LogP contribution is -2.33. The molecule has 2 saturated heterocycles. The van der Waals surface area contributed by atoms with E-state index in [2.05, 4.69) is 5.32 Å². The second-order valence-corrected chi connectivity index (χ2v) is 7.32. The maximum absolute atomic E-state index is 14.5. The molecule has 130 valence electrons. The van der Waals surface area contributed by atoms with Crippen LogP contribution >= 0.6 is 11.8 Å². The Morgan fingerprint density at radius 2 is 2.17 bits per heavy atom. The van der Waals surface area contributed by atoms with Crippen molar-refractivity contribution in [1.29, 1.82) is 0 Å². The Bertz CT molecular complexity index is 634. The van der Waals surface area contributed by atoms with Gasteiger partial charge in [-0.15, -0.1) is 0 Å². The smallest absolute Gasteiger partial charge is 0.313 e. The fraction of sp³-hybridized carbons (Fsp3) is 0.529. The van der Waals surface area contributed by atoms with E-state index in [9.17, 15) is 14.0 Å². The predicted molar refractivity (Wildman–Crippen MR) is 91.9 cm³/mol. The van der Waals surface area contributed by atoms with Crippen LogP contribution in [-0.4, -0.2) is 49.1 Å². The summed E-state index contributed by atoms with van der Waals surface area (Å²) >= 11 is 1.87. The van der Waals surface area contributed by atoms with E-state index in [1.54, 1.807) is 6.07 Å². The van der Waals surface area contributed by atoms with Gasteiger partial charge in [0.2, 0.25) is 5.91 Å². The van der Waals surface area contributed by atoms with Crippen LogP contribution in [0.3, 0.4) is 0 Å². The second kappa shape index (κ2) is 7.42. The quantitative estimate of drug-likeness (QED) is 0.839. The van der Waals surface area contributed by atoms with Crippen LogP contribution in [0.1, 0.15) is 24.8 Å². The third-order valence-corrected chi connectivity index (χ3v) is 5.31. The van der Waals surface area contributed by atoms with Gasteiger partial charge in [0.1, 0.15) is 11.9 Å². The van der Waals surface area contributed by atoms with Crippen molar-refractivity contribution in [2.45, 2.75) is 25.4 Å². The van der Waals surface area contributed by atoms with Gasteiger partial charge in [-0.1, -0.05) is 6.07 Å². The maximum Gasteiger partial charge on any atom is 0.313 e. The van der Waals surface area contributed by atoms with E-state index >= 15 is 0 Å². The lowest BCUT2D eigenvalue weighted by atomic mass is 9.95. The molecule has 5 nitrogen and oxygen atoms in total. The number of ether oxygens (including phenoxy) is 1. The summed E-state index contributed by atoms with van der Waals surface area (Å²) < 4.78 is 19.8. The molecule has 1 amide bonds. The summed E-state index contributed by atoms with van der Waals surface area (Å²) in [6.45, 7) is 3.39. The zero-order valence-electron chi connectivity index (χ0n) is 13.6. The lowest BCUT2D eigenvalue weighted by Gasteiger charge is -2.29. The standard InChI is InChI=1S/C17H21FN2O3S/c1-11(21)19-10-13-9-14(17(22)23-13)12-2-3-16(15(18)8-12)20-4-6-24-7-5-20/h2-3,8,13-14H,4-7,9-10H2,1H3,(H,19,21)/t13?,14-/m1/s1. The van der Waals surface area contributed by atoms with Crippen molar-refractivity contribution in [2.75, 3.05) is 36.0 Å². The molecule has 3 rings (SSSR count). The monoisotopic (exact) mass is 352 g/mol. The predicted octanol–water partition coefficient (Wildman–Crippen LogP) is 1.91. The molecule has 2 fully saturated rings. The number of carbonyl (C=O) groups excluding carboxylic acids is 2. The van der Waals surface area contributed by atoms with Crippen LogP contribution in [0.2, 0.25) is 0 Å². The third kappa shape index (κ3) is 3.83. The van der Waals surface area contributed by atoms with Crippen LogP contribution in [-0.2, 0) is 14.3 Å². The van der Waals surface area contributed by atoms with Crippen LogP contribution in [0.25, 0.3) is 0 Å². The van der Waals surface area contributed by atoms with Gasteiger partial charge < -0.3 is 15.0 Å². The van der Waals surface area contributed by atoms with E-state index in [1.807, 2.05) is 22.7 Å². The number of cyclic esters (lactones) is 1. The van der Waals surface area contributed by atoms with Crippen molar-refractivity contribution in [3.05, 3.63) is 29.6 Å². The topological polar surface area (TPSA) is 58.6 Å². The van der Waals surface area contributed by atoms with Crippen molar-refractivity contribution in [3.63, 3.8) is 0 Å². The van der Waals surface area contributed by atoms with Gasteiger partial charge in [-0.05, 0) is 17.7 Å². The summed E-state index contributed by atoms with van der Waals surface area (Å²) in [4.78, 5) is 25.1. The number of thioether (sulfide) groups is 1. The number of rotatable bonds is 4. The van der Waals surface area contributed by atoms with Crippen LogP contribution < -0.4 is 10.2 Å². The zero-order chi connectivity index (χ0) is 17.1. The van der Waals surface area contributed by atoms with Gasteiger partial charge in [0.15, 0.2) is 0 Å². The SMILES string of the molecule is CC(=O)NCC1C[C@H](c2ccc(N3CCSCC3)c(F)c2)C(=O)O1. The molecule has 0 aliphatic carbocycles. The molecular formula is C17H21FN2O3S. The Hall–Kier alpha value is -1.76. The number of hydrogen-bond donors (Lipinski definition) is 1. The number of hydrogen-bond acceptors (Lipinski definition) is 5. The number of halogens is 1. The minimum absolute atomic E-state index is 0.162. The Kier molecular flexibility index (Phi) is 5.28. The van der Waals surface area contributed by atoms with E-state index in [0.29, 0.717) is 24.2 Å². The molecular weight excluding hydrogens is 331 g/mol. The first-order chi connectivity index (χ1) is 11.5. The molecule has 0 spiro atoms. The van der Waals surface area contributed by atoms with Gasteiger partial charge in [0, 0.05) is 37.9 Å². The molecule has 7 heteroatoms. The molecule has 1 N–H and O–H groups in total. The summed E-state index contributed by atoms with van der Waals surface area (Å²) in [6.07, 6.45) is 0.103. The molecule has 24 heavy (non-hydrogen) atoms. The lowest BCUT2D eigenvalue weighted by molar-refractivity contribution is -0.142. The largest absolute Gasteiger partial charge is 0.460 e. The number of benzene rings is 1. The Morgan fingerprint density at radius 3 is 2.83 bits per heavy atom. The van der Waals surface area contributed by atoms with Crippen LogP contribution in [0.5, 0.6) is 0 Å². The molecule has 0 aromatic heterocycles. The van der Waals surface area contributed by atoms with Gasteiger partial charge in [0.05, 0.1) is 18.2 Å². The van der Waals surface area contributed by atoms with Crippen molar-refractivity contribution < 1.29 is 18.7 Å². The third-order valence-electron chi connectivity index (χ3n) is 4.37. The molecule has 2 atom stereocenters. The highest BCUT2D eigenvalue weighted by Gasteiger charge is 2.36. The van der Waals surface area contributed by atoms with Gasteiger partial charge >= 0.3 is 5.97 Å². The van der Waals surface area contributed by atoms with Crippen LogP contribution in [0, 0.1) is 5.82 Å². The minimum atomic E-state index is -0.468. The number of nitrogens with zero attached hydrogens (tertiary/aromatic N) is 1. The molecule has 1 aromatic rings. The second-order valence-electron chi connectivity index (χ2n) is 6.09. The van der Waals surface area contributed by atoms with Crippen molar-refractivity contribution in [3.8, 4) is 0 Å². The Labute approximate surface area is 144 Å². The fourth-order valence-electron chi connectivity index (χ4n) is 3.11. The first-order valence-corrected chi connectivity index (χ1v) is 9.27. The normalized spacial score (nSPS) is 23.9. The first-order valence-electron chi connectivity index (χ1n) is 8.11. The minimum Gasteiger partial charge on any atom is -0.460 e. The van der Waals surface area contributed by atoms with Gasteiger partial charge in [-0.3, -0.25) is 9.59 Å². The summed E-state index contributed by atoms with van der Waals surface area (Å²) in [5.74, 6) is 0.722. The summed E-state index contributed by atoms with van der Waals surface area (Å²) in [7, 11) is 0. The molecule has 0 saturated carbocycles. The Balaban J connectivity index is 1.69. The van der Waals surface area contributed by atoms with E-state index in [0.717, 1.165) is 24.6 Å². The number of carbonyl (C=O) groups is 2. The van der Waals surface area contributed by atoms with Gasteiger partial charge in [-0.2, -0.15) is 11.8 Å². The fourth-order valence-corrected chi connectivity index (χ4v) is 4.01. The van der Waals surface area contributed by atoms with E-state index in [4.69, 9.17) is 4.74 Å². The molecule has 1 aromatic carbocycles. The summed E-state index contributed by atoms with van der Waals surface area (Å²) in [5.41, 5.74) is 1.23. The number of esters is 1. The first kappa shape index (κ1) is 17.1. The average Bonchev–Trinajstić information content (AvgIpc) is 2.94. The van der Waals surface area contributed by atoms with Crippen LogP contribution in [0.4, 0.5) is 10.1 Å². The Morgan fingerprint density at radius 1 is 1.42 bits per heavy atom. The highest BCUT2D eigenvalue weighted by molar-refractivity contribution is 7.99. The summed E-state index contributed by atoms with van der Waals surface area (Å²) in [6, 6.07) is 5.02. The number of nitrogens with one attached hydrogen (secondary N) is 1. The number of amides is 1. The van der Waals surface area contributed by atoms with Gasteiger partial charge in [0.25, 0.3) is 0 Å². The highest BCUT2D eigenvalue weighted by Crippen LogP contribution is 2.33. The van der Waals surface area contributed by atoms with Gasteiger partial charge in [-0.25, -0.2) is 4.39 Å². The molecule has 0 radical (unpaired) electrons. The number of anilines is 1. The molecule has 2 aliphatic heterocycles.